The molecule has 0 spiro atoms. The predicted octanol–water partition coefficient (Wildman–Crippen LogP) is 3.46. The first kappa shape index (κ1) is 12.6. The topological polar surface area (TPSA) is 65.3 Å². The van der Waals surface area contributed by atoms with Crippen molar-refractivity contribution in [1.29, 1.82) is 5.26 Å². The Morgan fingerprint density at radius 2 is 2.15 bits per heavy atom. The number of hydrogen-bond acceptors (Lipinski definition) is 4. The van der Waals surface area contributed by atoms with E-state index < -0.39 is 0 Å². The summed E-state index contributed by atoms with van der Waals surface area (Å²) in [6, 6.07) is 12.1. The molecule has 0 saturated heterocycles. The van der Waals surface area contributed by atoms with Gasteiger partial charge in [-0.1, -0.05) is 11.6 Å². The van der Waals surface area contributed by atoms with Crippen LogP contribution < -0.4 is 10.1 Å². The van der Waals surface area contributed by atoms with Gasteiger partial charge in [0.1, 0.15) is 18.1 Å². The molecule has 0 aromatic heterocycles. The zero-order valence-electron chi connectivity index (χ0n) is 10.4. The Balaban J connectivity index is 1.89. The second kappa shape index (κ2) is 4.95. The van der Waals surface area contributed by atoms with Crippen LogP contribution in [0.4, 0.5) is 5.69 Å². The number of fused-ring (bicyclic) bond motifs is 1. The van der Waals surface area contributed by atoms with E-state index in [9.17, 15) is 5.11 Å². The van der Waals surface area contributed by atoms with Gasteiger partial charge in [-0.15, -0.1) is 0 Å². The Morgan fingerprint density at radius 1 is 1.30 bits per heavy atom. The first-order valence-electron chi connectivity index (χ1n) is 6.09. The minimum atomic E-state index is -0.0583. The lowest BCUT2D eigenvalue weighted by atomic mass is 10.1. The minimum Gasteiger partial charge on any atom is -0.508 e. The average Bonchev–Trinajstić information content (AvgIpc) is 2.83. The van der Waals surface area contributed by atoms with Gasteiger partial charge in [0, 0.05) is 11.6 Å². The summed E-state index contributed by atoms with van der Waals surface area (Å²) < 4.78 is 5.53. The van der Waals surface area contributed by atoms with E-state index >= 15 is 0 Å². The first-order chi connectivity index (χ1) is 9.67. The lowest BCUT2D eigenvalue weighted by Crippen LogP contribution is -2.12. The fourth-order valence-electron chi connectivity index (χ4n) is 2.21. The average molecular weight is 287 g/mol. The number of halogens is 1. The molecule has 1 unspecified atom stereocenters. The number of aromatic hydroxyl groups is 1. The van der Waals surface area contributed by atoms with Crippen molar-refractivity contribution in [2.24, 2.45) is 0 Å². The van der Waals surface area contributed by atoms with E-state index in [1.165, 1.54) is 0 Å². The summed E-state index contributed by atoms with van der Waals surface area (Å²) in [7, 11) is 0. The molecule has 0 radical (unpaired) electrons. The minimum absolute atomic E-state index is 0.0583. The maximum atomic E-state index is 9.43. The lowest BCUT2D eigenvalue weighted by molar-refractivity contribution is 0.338. The van der Waals surface area contributed by atoms with E-state index in [0.717, 1.165) is 5.56 Å². The molecular weight excluding hydrogens is 276 g/mol. The fourth-order valence-corrected chi connectivity index (χ4v) is 2.38. The molecule has 3 rings (SSSR count). The van der Waals surface area contributed by atoms with Crippen LogP contribution >= 0.6 is 11.6 Å². The van der Waals surface area contributed by atoms with Crippen LogP contribution in [0, 0.1) is 11.3 Å². The Kier molecular flexibility index (Phi) is 3.13. The van der Waals surface area contributed by atoms with Crippen LogP contribution in [-0.2, 0) is 0 Å². The van der Waals surface area contributed by atoms with Crippen LogP contribution in [0.25, 0.3) is 0 Å². The molecular formula is C15H11ClN2O2. The van der Waals surface area contributed by atoms with Gasteiger partial charge >= 0.3 is 0 Å². The summed E-state index contributed by atoms with van der Waals surface area (Å²) in [6.07, 6.45) is 0. The van der Waals surface area contributed by atoms with Crippen LogP contribution in [-0.4, -0.2) is 11.7 Å². The van der Waals surface area contributed by atoms with Crippen molar-refractivity contribution in [2.45, 2.75) is 6.04 Å². The highest BCUT2D eigenvalue weighted by Gasteiger charge is 2.24. The summed E-state index contributed by atoms with van der Waals surface area (Å²) in [5, 5.41) is 22.2. The number of ether oxygens (including phenoxy) is 1. The van der Waals surface area contributed by atoms with Gasteiger partial charge in [-0.2, -0.15) is 5.26 Å². The van der Waals surface area contributed by atoms with Crippen molar-refractivity contribution in [2.75, 3.05) is 11.9 Å². The molecule has 0 saturated carbocycles. The maximum absolute atomic E-state index is 9.43. The molecule has 4 nitrogen and oxygen atoms in total. The number of phenolic OH excluding ortho intramolecular Hbond substituents is 1. The molecule has 100 valence electrons. The Morgan fingerprint density at radius 3 is 2.95 bits per heavy atom. The summed E-state index contributed by atoms with van der Waals surface area (Å²) in [5.41, 5.74) is 2.20. The predicted molar refractivity (Wildman–Crippen MR) is 76.1 cm³/mol. The molecule has 1 atom stereocenters. The number of nitriles is 1. The molecule has 1 heterocycles. The molecule has 2 aromatic rings. The highest BCUT2D eigenvalue weighted by atomic mass is 35.5. The van der Waals surface area contributed by atoms with E-state index in [2.05, 4.69) is 11.4 Å². The van der Waals surface area contributed by atoms with E-state index in [-0.39, 0.29) is 11.8 Å². The highest BCUT2D eigenvalue weighted by Crippen LogP contribution is 2.37. The fraction of sp³-hybridized carbons (Fsp3) is 0.133. The highest BCUT2D eigenvalue weighted by molar-refractivity contribution is 6.33. The van der Waals surface area contributed by atoms with Crippen molar-refractivity contribution in [1.82, 2.24) is 0 Å². The monoisotopic (exact) mass is 286 g/mol. The Hall–Kier alpha value is -2.38. The largest absolute Gasteiger partial charge is 0.508 e. The van der Waals surface area contributed by atoms with Gasteiger partial charge in [0.25, 0.3) is 0 Å². The number of nitrogens with zero attached hydrogens (tertiary/aromatic N) is 1. The Labute approximate surface area is 121 Å². The number of phenols is 1. The van der Waals surface area contributed by atoms with Crippen LogP contribution in [0.1, 0.15) is 17.2 Å². The van der Waals surface area contributed by atoms with Crippen molar-refractivity contribution in [3.63, 3.8) is 0 Å². The number of benzene rings is 2. The Bertz CT molecular complexity index is 710. The summed E-state index contributed by atoms with van der Waals surface area (Å²) in [6.45, 7) is 0.450. The number of nitrogens with one attached hydrogen (secondary N) is 1. The molecule has 2 N–H and O–H groups in total. The quantitative estimate of drug-likeness (QED) is 0.887. The lowest BCUT2D eigenvalue weighted by Gasteiger charge is -2.14. The third kappa shape index (κ3) is 2.24. The third-order valence-electron chi connectivity index (χ3n) is 3.20. The molecule has 0 aliphatic carbocycles. The number of hydrogen-bond donors (Lipinski definition) is 2. The maximum Gasteiger partial charge on any atom is 0.128 e. The summed E-state index contributed by atoms with van der Waals surface area (Å²) in [5.74, 6) is 0.837. The molecule has 20 heavy (non-hydrogen) atoms. The third-order valence-corrected chi connectivity index (χ3v) is 3.53. The van der Waals surface area contributed by atoms with Crippen LogP contribution in [0.15, 0.2) is 36.4 Å². The number of anilines is 1. The zero-order valence-corrected chi connectivity index (χ0v) is 11.2. The molecule has 0 fully saturated rings. The van der Waals surface area contributed by atoms with E-state index in [1.807, 2.05) is 6.07 Å². The van der Waals surface area contributed by atoms with Crippen LogP contribution in [0.5, 0.6) is 11.5 Å². The van der Waals surface area contributed by atoms with E-state index in [1.54, 1.807) is 30.3 Å². The van der Waals surface area contributed by atoms with Crippen molar-refractivity contribution in [3.05, 3.63) is 52.5 Å². The van der Waals surface area contributed by atoms with Gasteiger partial charge in [0.05, 0.1) is 28.4 Å². The molecule has 2 aromatic carbocycles. The summed E-state index contributed by atoms with van der Waals surface area (Å²) >= 11 is 6.13. The van der Waals surface area contributed by atoms with Gasteiger partial charge in [-0.05, 0) is 30.3 Å². The van der Waals surface area contributed by atoms with Crippen molar-refractivity contribution >= 4 is 17.3 Å². The van der Waals surface area contributed by atoms with Crippen LogP contribution in [0.3, 0.4) is 0 Å². The second-order valence-corrected chi connectivity index (χ2v) is 4.94. The van der Waals surface area contributed by atoms with E-state index in [4.69, 9.17) is 21.6 Å². The van der Waals surface area contributed by atoms with E-state index in [0.29, 0.717) is 28.6 Å². The standard InChI is InChI=1S/C15H11ClN2O2/c16-12-4-1-9(7-17)5-13(12)18-14-8-20-15-6-10(19)2-3-11(14)15/h1-6,14,18-19H,8H2. The van der Waals surface area contributed by atoms with Crippen LogP contribution in [0.2, 0.25) is 5.02 Å². The van der Waals surface area contributed by atoms with Gasteiger partial charge < -0.3 is 15.2 Å². The smallest absolute Gasteiger partial charge is 0.128 e. The second-order valence-electron chi connectivity index (χ2n) is 4.54. The van der Waals surface area contributed by atoms with Gasteiger partial charge in [0.2, 0.25) is 0 Å². The molecule has 0 bridgehead atoms. The number of rotatable bonds is 2. The van der Waals surface area contributed by atoms with Gasteiger partial charge in [-0.25, -0.2) is 0 Å². The molecule has 5 heteroatoms. The first-order valence-corrected chi connectivity index (χ1v) is 6.47. The van der Waals surface area contributed by atoms with Gasteiger partial charge in [0.15, 0.2) is 0 Å². The normalized spacial score (nSPS) is 16.1. The SMILES string of the molecule is N#Cc1ccc(Cl)c(NC2COc3cc(O)ccc32)c1. The van der Waals surface area contributed by atoms with Gasteiger partial charge in [-0.3, -0.25) is 0 Å². The van der Waals surface area contributed by atoms with Crippen molar-refractivity contribution < 1.29 is 9.84 Å². The van der Waals surface area contributed by atoms with Crippen molar-refractivity contribution in [3.8, 4) is 17.6 Å². The molecule has 1 aliphatic heterocycles. The zero-order chi connectivity index (χ0) is 14.1. The molecule has 0 amide bonds. The molecule has 1 aliphatic rings. The summed E-state index contributed by atoms with van der Waals surface area (Å²) in [4.78, 5) is 0.